The number of nitro benzene ring substituents is 2. The Bertz CT molecular complexity index is 502. The fourth-order valence-electron chi connectivity index (χ4n) is 1.60. The van der Waals surface area contributed by atoms with Crippen molar-refractivity contribution in [2.24, 2.45) is 0 Å². The Morgan fingerprint density at radius 3 is 2.65 bits per heavy atom. The Hall–Kier alpha value is -2.38. The van der Waals surface area contributed by atoms with Crippen LogP contribution in [0.4, 0.5) is 17.1 Å². The van der Waals surface area contributed by atoms with Crippen LogP contribution in [0.25, 0.3) is 0 Å². The number of hydrogen-bond acceptors (Lipinski definition) is 6. The van der Waals surface area contributed by atoms with E-state index >= 15 is 0 Å². The highest BCUT2D eigenvalue weighted by Crippen LogP contribution is 2.40. The number of non-ortho nitro benzene ring substituents is 1. The van der Waals surface area contributed by atoms with Crippen molar-refractivity contribution < 1.29 is 14.6 Å². The summed E-state index contributed by atoms with van der Waals surface area (Å²) in [5, 5.41) is 24.4. The van der Waals surface area contributed by atoms with Crippen molar-refractivity contribution in [1.29, 1.82) is 0 Å². The molecule has 90 valence electrons. The lowest BCUT2D eigenvalue weighted by Gasteiger charge is -2.24. The number of benzene rings is 1. The Labute approximate surface area is 95.5 Å². The molecule has 1 heterocycles. The fourth-order valence-corrected chi connectivity index (χ4v) is 1.60. The first kappa shape index (κ1) is 11.1. The maximum atomic E-state index is 10.8. The Morgan fingerprint density at radius 2 is 2.06 bits per heavy atom. The van der Waals surface area contributed by atoms with E-state index in [2.05, 4.69) is 5.32 Å². The lowest BCUT2D eigenvalue weighted by atomic mass is 10.1. The molecule has 0 saturated carbocycles. The lowest BCUT2D eigenvalue weighted by molar-refractivity contribution is -0.393. The summed E-state index contributed by atoms with van der Waals surface area (Å²) in [6.07, 6.45) is 0. The summed E-state index contributed by atoms with van der Waals surface area (Å²) < 4.78 is 5.25. The maximum absolute atomic E-state index is 10.8. The SMILES string of the molecule is CC1COc2cc([N+](=O)[O-])cc([N+](=O)[O-])c2N1. The van der Waals surface area contributed by atoms with Crippen molar-refractivity contribution in [3.63, 3.8) is 0 Å². The Balaban J connectivity index is 2.59. The van der Waals surface area contributed by atoms with Crippen molar-refractivity contribution in [3.8, 4) is 5.75 Å². The monoisotopic (exact) mass is 239 g/mol. The molecule has 0 saturated heterocycles. The number of nitro groups is 2. The summed E-state index contributed by atoms with van der Waals surface area (Å²) in [6.45, 7) is 2.11. The van der Waals surface area contributed by atoms with E-state index < -0.39 is 9.85 Å². The molecule has 8 nitrogen and oxygen atoms in total. The predicted molar refractivity (Wildman–Crippen MR) is 58.3 cm³/mol. The predicted octanol–water partition coefficient (Wildman–Crippen LogP) is 1.70. The van der Waals surface area contributed by atoms with Crippen LogP contribution in [0.3, 0.4) is 0 Å². The van der Waals surface area contributed by atoms with Gasteiger partial charge in [0.2, 0.25) is 0 Å². The molecular formula is C9H9N3O5. The zero-order valence-corrected chi connectivity index (χ0v) is 8.87. The van der Waals surface area contributed by atoms with Gasteiger partial charge < -0.3 is 10.1 Å². The van der Waals surface area contributed by atoms with Crippen LogP contribution in [-0.2, 0) is 0 Å². The fraction of sp³-hybridized carbons (Fsp3) is 0.333. The molecule has 1 aliphatic rings. The molecule has 0 aromatic heterocycles. The van der Waals surface area contributed by atoms with E-state index in [-0.39, 0.29) is 28.9 Å². The molecule has 1 aromatic carbocycles. The van der Waals surface area contributed by atoms with E-state index in [1.54, 1.807) is 6.92 Å². The number of nitrogens with one attached hydrogen (secondary N) is 1. The lowest BCUT2D eigenvalue weighted by Crippen LogP contribution is -2.28. The second-order valence-electron chi connectivity index (χ2n) is 3.71. The molecule has 1 aliphatic heterocycles. The van der Waals surface area contributed by atoms with Crippen LogP contribution >= 0.6 is 0 Å². The first-order valence-electron chi connectivity index (χ1n) is 4.85. The minimum atomic E-state index is -0.686. The normalized spacial score (nSPS) is 17.6. The molecule has 0 spiro atoms. The van der Waals surface area contributed by atoms with Crippen LogP contribution in [0, 0.1) is 20.2 Å². The van der Waals surface area contributed by atoms with Gasteiger partial charge in [-0.1, -0.05) is 0 Å². The number of rotatable bonds is 2. The summed E-state index contributed by atoms with van der Waals surface area (Å²) in [4.78, 5) is 20.1. The van der Waals surface area contributed by atoms with Gasteiger partial charge in [-0.05, 0) is 6.92 Å². The van der Waals surface area contributed by atoms with E-state index in [1.165, 1.54) is 6.07 Å². The minimum absolute atomic E-state index is 0.0809. The largest absolute Gasteiger partial charge is 0.489 e. The third kappa shape index (κ3) is 1.96. The number of anilines is 1. The quantitative estimate of drug-likeness (QED) is 0.621. The third-order valence-electron chi connectivity index (χ3n) is 2.35. The van der Waals surface area contributed by atoms with Gasteiger partial charge in [0.1, 0.15) is 6.61 Å². The number of ether oxygens (including phenoxy) is 1. The topological polar surface area (TPSA) is 108 Å². The molecule has 0 aliphatic carbocycles. The van der Waals surface area contributed by atoms with Crippen LogP contribution < -0.4 is 10.1 Å². The summed E-state index contributed by atoms with van der Waals surface area (Å²) in [6, 6.07) is 2.02. The van der Waals surface area contributed by atoms with Gasteiger partial charge in [-0.15, -0.1) is 0 Å². The molecular weight excluding hydrogens is 230 g/mol. The molecule has 17 heavy (non-hydrogen) atoms. The maximum Gasteiger partial charge on any atom is 0.303 e. The second kappa shape index (κ2) is 3.89. The van der Waals surface area contributed by atoms with Gasteiger partial charge in [0.25, 0.3) is 5.69 Å². The summed E-state index contributed by atoms with van der Waals surface area (Å²) in [5.74, 6) is 0.143. The Morgan fingerprint density at radius 1 is 1.35 bits per heavy atom. The smallest absolute Gasteiger partial charge is 0.303 e. The first-order valence-corrected chi connectivity index (χ1v) is 4.85. The van der Waals surface area contributed by atoms with Gasteiger partial charge in [-0.25, -0.2) is 0 Å². The molecule has 8 heteroatoms. The highest BCUT2D eigenvalue weighted by molar-refractivity contribution is 5.74. The van der Waals surface area contributed by atoms with Crippen molar-refractivity contribution in [2.75, 3.05) is 11.9 Å². The van der Waals surface area contributed by atoms with E-state index in [0.29, 0.717) is 6.61 Å². The van der Waals surface area contributed by atoms with Gasteiger partial charge in [0.05, 0.1) is 28.0 Å². The van der Waals surface area contributed by atoms with E-state index in [0.717, 1.165) is 6.07 Å². The molecule has 0 amide bonds. The van der Waals surface area contributed by atoms with Gasteiger partial charge >= 0.3 is 5.69 Å². The Kier molecular flexibility index (Phi) is 2.54. The minimum Gasteiger partial charge on any atom is -0.489 e. The highest BCUT2D eigenvalue weighted by atomic mass is 16.6. The molecule has 2 rings (SSSR count). The van der Waals surface area contributed by atoms with Crippen molar-refractivity contribution >= 4 is 17.1 Å². The number of fused-ring (bicyclic) bond motifs is 1. The molecule has 1 aromatic rings. The molecule has 0 fully saturated rings. The highest BCUT2D eigenvalue weighted by Gasteiger charge is 2.28. The third-order valence-corrected chi connectivity index (χ3v) is 2.35. The molecule has 1 unspecified atom stereocenters. The zero-order valence-electron chi connectivity index (χ0n) is 8.87. The van der Waals surface area contributed by atoms with Crippen molar-refractivity contribution in [2.45, 2.75) is 13.0 Å². The summed E-state index contributed by atoms with van der Waals surface area (Å²) in [5.41, 5.74) is -0.507. The van der Waals surface area contributed by atoms with E-state index in [1.807, 2.05) is 0 Å². The van der Waals surface area contributed by atoms with Gasteiger partial charge in [0, 0.05) is 0 Å². The summed E-state index contributed by atoms with van der Waals surface area (Å²) >= 11 is 0. The summed E-state index contributed by atoms with van der Waals surface area (Å²) in [7, 11) is 0. The first-order chi connectivity index (χ1) is 7.99. The number of nitrogens with zero attached hydrogens (tertiary/aromatic N) is 2. The van der Waals surface area contributed by atoms with Gasteiger partial charge in [-0.2, -0.15) is 0 Å². The van der Waals surface area contributed by atoms with E-state index in [9.17, 15) is 20.2 Å². The molecule has 0 bridgehead atoms. The zero-order chi connectivity index (χ0) is 12.6. The molecule has 1 atom stereocenters. The second-order valence-corrected chi connectivity index (χ2v) is 3.71. The van der Waals surface area contributed by atoms with Crippen LogP contribution in [0.1, 0.15) is 6.92 Å². The van der Waals surface area contributed by atoms with Gasteiger partial charge in [-0.3, -0.25) is 20.2 Å². The van der Waals surface area contributed by atoms with Crippen LogP contribution in [0.2, 0.25) is 0 Å². The van der Waals surface area contributed by atoms with E-state index in [4.69, 9.17) is 4.74 Å². The standard InChI is InChI=1S/C9H9N3O5/c1-5-4-17-8-3-6(11(13)14)2-7(12(15)16)9(8)10-5/h2-3,5,10H,4H2,1H3. The van der Waals surface area contributed by atoms with Gasteiger partial charge in [0.15, 0.2) is 11.4 Å². The average molecular weight is 239 g/mol. The van der Waals surface area contributed by atoms with Crippen LogP contribution in [-0.4, -0.2) is 22.5 Å². The van der Waals surface area contributed by atoms with Crippen molar-refractivity contribution in [1.82, 2.24) is 0 Å². The number of hydrogen-bond donors (Lipinski definition) is 1. The van der Waals surface area contributed by atoms with Crippen LogP contribution in [0.5, 0.6) is 5.75 Å². The average Bonchev–Trinajstić information content (AvgIpc) is 2.27. The van der Waals surface area contributed by atoms with Crippen molar-refractivity contribution in [3.05, 3.63) is 32.4 Å². The molecule has 1 N–H and O–H groups in total. The van der Waals surface area contributed by atoms with Crippen LogP contribution in [0.15, 0.2) is 12.1 Å². The molecule has 0 radical (unpaired) electrons.